The Labute approximate surface area is 131 Å². The van der Waals surface area contributed by atoms with Gasteiger partial charge in [-0.1, -0.05) is 36.4 Å². The van der Waals surface area contributed by atoms with Crippen molar-refractivity contribution in [3.8, 4) is 5.75 Å². The summed E-state index contributed by atoms with van der Waals surface area (Å²) in [7, 11) is 1.65. The predicted molar refractivity (Wildman–Crippen MR) is 91.0 cm³/mol. The lowest BCUT2D eigenvalue weighted by molar-refractivity contribution is 0.203. The largest absolute Gasteiger partial charge is 0.495 e. The summed E-state index contributed by atoms with van der Waals surface area (Å²) in [5.74, 6) is 0.732. The predicted octanol–water partition coefficient (Wildman–Crippen LogP) is 3.09. The number of hydrogen-bond acceptors (Lipinski definition) is 4. The molecule has 4 heteroatoms. The quantitative estimate of drug-likeness (QED) is 0.855. The Kier molecular flexibility index (Phi) is 4.20. The van der Waals surface area contributed by atoms with Crippen molar-refractivity contribution in [1.82, 2.24) is 4.90 Å². The lowest BCUT2D eigenvalue weighted by Gasteiger charge is -2.26. The molecule has 2 aromatic carbocycles. The van der Waals surface area contributed by atoms with E-state index in [1.165, 1.54) is 11.1 Å². The van der Waals surface area contributed by atoms with Crippen LogP contribution >= 0.6 is 0 Å². The summed E-state index contributed by atoms with van der Waals surface area (Å²) in [5.41, 5.74) is 10.5. The number of anilines is 2. The van der Waals surface area contributed by atoms with Gasteiger partial charge >= 0.3 is 0 Å². The molecule has 116 valence electrons. The Balaban J connectivity index is 1.87. The molecule has 0 unspecified atom stereocenters. The number of fused-ring (bicyclic) bond motifs is 1. The molecule has 1 aliphatic rings. The minimum absolute atomic E-state index is 0.429. The normalized spacial score (nSPS) is 18.2. The van der Waals surface area contributed by atoms with Gasteiger partial charge in [-0.3, -0.25) is 4.90 Å². The van der Waals surface area contributed by atoms with Crippen LogP contribution in [0.25, 0.3) is 0 Å². The monoisotopic (exact) mass is 297 g/mol. The van der Waals surface area contributed by atoms with Gasteiger partial charge in [0.05, 0.1) is 18.5 Å². The van der Waals surface area contributed by atoms with Gasteiger partial charge in [-0.2, -0.15) is 0 Å². The summed E-state index contributed by atoms with van der Waals surface area (Å²) in [6, 6.07) is 15.1. The SMILES string of the molecule is COc1ccc2c(c1N)NC[C@H](C)N(Cc1ccccc1)C2. The minimum Gasteiger partial charge on any atom is -0.495 e. The zero-order valence-corrected chi connectivity index (χ0v) is 13.2. The van der Waals surface area contributed by atoms with E-state index >= 15 is 0 Å². The molecule has 0 aromatic heterocycles. The van der Waals surface area contributed by atoms with E-state index in [0.29, 0.717) is 11.7 Å². The molecule has 0 saturated heterocycles. The summed E-state index contributed by atoms with van der Waals surface area (Å²) < 4.78 is 5.32. The second kappa shape index (κ2) is 6.28. The maximum absolute atomic E-state index is 6.22. The van der Waals surface area contributed by atoms with E-state index in [0.717, 1.165) is 31.1 Å². The fourth-order valence-corrected chi connectivity index (χ4v) is 2.95. The van der Waals surface area contributed by atoms with Crippen molar-refractivity contribution in [2.24, 2.45) is 0 Å². The van der Waals surface area contributed by atoms with Crippen LogP contribution in [0.1, 0.15) is 18.1 Å². The first kappa shape index (κ1) is 14.7. The van der Waals surface area contributed by atoms with Crippen LogP contribution in [0.5, 0.6) is 5.75 Å². The van der Waals surface area contributed by atoms with Gasteiger partial charge < -0.3 is 15.8 Å². The number of rotatable bonds is 3. The molecular weight excluding hydrogens is 274 g/mol. The van der Waals surface area contributed by atoms with Crippen molar-refractivity contribution in [3.05, 3.63) is 53.6 Å². The van der Waals surface area contributed by atoms with Gasteiger partial charge in [0.15, 0.2) is 0 Å². The third kappa shape index (κ3) is 2.88. The second-order valence-electron chi connectivity index (χ2n) is 5.84. The van der Waals surface area contributed by atoms with E-state index in [-0.39, 0.29) is 0 Å². The number of hydrogen-bond donors (Lipinski definition) is 2. The lowest BCUT2D eigenvalue weighted by Crippen LogP contribution is -2.34. The molecule has 0 saturated carbocycles. The highest BCUT2D eigenvalue weighted by Gasteiger charge is 2.22. The van der Waals surface area contributed by atoms with Crippen molar-refractivity contribution in [1.29, 1.82) is 0 Å². The highest BCUT2D eigenvalue weighted by atomic mass is 16.5. The number of nitrogens with two attached hydrogens (primary N) is 1. The van der Waals surface area contributed by atoms with Gasteiger partial charge in [-0.15, -0.1) is 0 Å². The van der Waals surface area contributed by atoms with Gasteiger partial charge in [0.25, 0.3) is 0 Å². The summed E-state index contributed by atoms with van der Waals surface area (Å²) in [5, 5.41) is 3.49. The van der Waals surface area contributed by atoms with Crippen LogP contribution in [0.4, 0.5) is 11.4 Å². The van der Waals surface area contributed by atoms with Gasteiger partial charge in [-0.05, 0) is 24.1 Å². The number of methoxy groups -OCH3 is 1. The summed E-state index contributed by atoms with van der Waals surface area (Å²) >= 11 is 0. The maximum atomic E-state index is 6.22. The smallest absolute Gasteiger partial charge is 0.143 e. The van der Waals surface area contributed by atoms with Crippen molar-refractivity contribution in [2.45, 2.75) is 26.1 Å². The molecule has 2 aromatic rings. The molecule has 3 N–H and O–H groups in total. The third-order valence-electron chi connectivity index (χ3n) is 4.31. The van der Waals surface area contributed by atoms with Gasteiger partial charge in [0.1, 0.15) is 5.75 Å². The summed E-state index contributed by atoms with van der Waals surface area (Å²) in [4.78, 5) is 2.47. The number of ether oxygens (including phenoxy) is 1. The van der Waals surface area contributed by atoms with Crippen LogP contribution in [0, 0.1) is 0 Å². The fourth-order valence-electron chi connectivity index (χ4n) is 2.95. The van der Waals surface area contributed by atoms with Crippen LogP contribution in [0.15, 0.2) is 42.5 Å². The Morgan fingerprint density at radius 3 is 2.73 bits per heavy atom. The maximum Gasteiger partial charge on any atom is 0.143 e. The molecule has 4 nitrogen and oxygen atoms in total. The summed E-state index contributed by atoms with van der Waals surface area (Å²) in [6.45, 7) is 4.94. The topological polar surface area (TPSA) is 50.5 Å². The first-order chi connectivity index (χ1) is 10.7. The van der Waals surface area contributed by atoms with Gasteiger partial charge in [0.2, 0.25) is 0 Å². The molecule has 0 bridgehead atoms. The van der Waals surface area contributed by atoms with Crippen molar-refractivity contribution in [3.63, 3.8) is 0 Å². The summed E-state index contributed by atoms with van der Waals surface area (Å²) in [6.07, 6.45) is 0. The third-order valence-corrected chi connectivity index (χ3v) is 4.31. The minimum atomic E-state index is 0.429. The molecule has 0 spiro atoms. The lowest BCUT2D eigenvalue weighted by atomic mass is 10.1. The number of nitrogens with zero attached hydrogens (tertiary/aromatic N) is 1. The van der Waals surface area contributed by atoms with Crippen LogP contribution in [0.2, 0.25) is 0 Å². The zero-order chi connectivity index (χ0) is 15.5. The molecule has 0 radical (unpaired) electrons. The standard InChI is InChI=1S/C18H23N3O/c1-13-10-20-18-15(8-9-16(22-2)17(18)19)12-21(13)11-14-6-4-3-5-7-14/h3-9,13,20H,10-12,19H2,1-2H3/t13-/m0/s1. The highest BCUT2D eigenvalue weighted by Crippen LogP contribution is 2.35. The second-order valence-corrected chi connectivity index (χ2v) is 5.84. The first-order valence-corrected chi connectivity index (χ1v) is 7.66. The van der Waals surface area contributed by atoms with E-state index in [1.807, 2.05) is 6.07 Å². The molecular formula is C18H23N3O. The van der Waals surface area contributed by atoms with Crippen molar-refractivity contribution < 1.29 is 4.74 Å². The average Bonchev–Trinajstić information content (AvgIpc) is 2.69. The van der Waals surface area contributed by atoms with Crippen LogP contribution in [0.3, 0.4) is 0 Å². The van der Waals surface area contributed by atoms with Crippen LogP contribution < -0.4 is 15.8 Å². The van der Waals surface area contributed by atoms with Gasteiger partial charge in [-0.25, -0.2) is 0 Å². The molecule has 0 amide bonds. The molecule has 1 atom stereocenters. The number of nitrogen functional groups attached to an aromatic ring is 1. The number of nitrogens with one attached hydrogen (secondary N) is 1. The van der Waals surface area contributed by atoms with E-state index in [2.05, 4.69) is 53.5 Å². The Hall–Kier alpha value is -2.20. The molecule has 1 aliphatic heterocycles. The first-order valence-electron chi connectivity index (χ1n) is 7.66. The molecule has 0 fully saturated rings. The average molecular weight is 297 g/mol. The van der Waals surface area contributed by atoms with Gasteiger partial charge in [0, 0.05) is 25.7 Å². The van der Waals surface area contributed by atoms with Crippen molar-refractivity contribution in [2.75, 3.05) is 24.7 Å². The molecule has 1 heterocycles. The van der Waals surface area contributed by atoms with Crippen molar-refractivity contribution >= 4 is 11.4 Å². The zero-order valence-electron chi connectivity index (χ0n) is 13.2. The molecule has 0 aliphatic carbocycles. The van der Waals surface area contributed by atoms with E-state index in [4.69, 9.17) is 10.5 Å². The van der Waals surface area contributed by atoms with Crippen LogP contribution in [-0.2, 0) is 13.1 Å². The van der Waals surface area contributed by atoms with E-state index in [9.17, 15) is 0 Å². The van der Waals surface area contributed by atoms with Crippen LogP contribution in [-0.4, -0.2) is 24.6 Å². The number of benzene rings is 2. The Morgan fingerprint density at radius 2 is 2.00 bits per heavy atom. The molecule has 22 heavy (non-hydrogen) atoms. The Bertz CT molecular complexity index is 642. The van der Waals surface area contributed by atoms with E-state index < -0.39 is 0 Å². The highest BCUT2D eigenvalue weighted by molar-refractivity contribution is 5.76. The molecule has 3 rings (SSSR count). The Morgan fingerprint density at radius 1 is 1.23 bits per heavy atom. The van der Waals surface area contributed by atoms with E-state index in [1.54, 1.807) is 7.11 Å². The fraction of sp³-hybridized carbons (Fsp3) is 0.333.